The Morgan fingerprint density at radius 2 is 1.70 bits per heavy atom. The normalized spacial score (nSPS) is 14.9. The first-order valence-electron chi connectivity index (χ1n) is 10.4. The fourth-order valence-corrected chi connectivity index (χ4v) is 4.23. The van der Waals surface area contributed by atoms with Crippen LogP contribution in [0.15, 0.2) is 66.9 Å². The van der Waals surface area contributed by atoms with Gasteiger partial charge in [0.15, 0.2) is 5.82 Å². The van der Waals surface area contributed by atoms with Crippen LogP contribution < -0.4 is 4.90 Å². The highest BCUT2D eigenvalue weighted by molar-refractivity contribution is 5.85. The molecular formula is C25H23FN4. The van der Waals surface area contributed by atoms with E-state index in [1.807, 2.05) is 24.4 Å². The summed E-state index contributed by atoms with van der Waals surface area (Å²) in [6.07, 6.45) is 3.91. The number of pyridine rings is 1. The zero-order chi connectivity index (χ0) is 20.5. The van der Waals surface area contributed by atoms with Crippen LogP contribution in [0.25, 0.3) is 22.3 Å². The predicted octanol–water partition coefficient (Wildman–Crippen LogP) is 5.52. The van der Waals surface area contributed by atoms with Gasteiger partial charge in [-0.1, -0.05) is 18.2 Å². The number of hydrogen-bond acceptors (Lipinski definition) is 4. The van der Waals surface area contributed by atoms with E-state index < -0.39 is 0 Å². The molecule has 0 atom stereocenters. The van der Waals surface area contributed by atoms with Gasteiger partial charge in [0.25, 0.3) is 0 Å². The summed E-state index contributed by atoms with van der Waals surface area (Å²) in [5, 5.41) is 0. The van der Waals surface area contributed by atoms with Crippen LogP contribution in [0.5, 0.6) is 0 Å². The molecule has 0 amide bonds. The second kappa shape index (κ2) is 7.82. The first-order valence-corrected chi connectivity index (χ1v) is 10.4. The van der Waals surface area contributed by atoms with Crippen LogP contribution >= 0.6 is 0 Å². The highest BCUT2D eigenvalue weighted by Gasteiger charge is 2.25. The number of aromatic nitrogens is 3. The Morgan fingerprint density at radius 1 is 0.900 bits per heavy atom. The highest BCUT2D eigenvalue weighted by Crippen LogP contribution is 2.35. The van der Waals surface area contributed by atoms with Crippen LogP contribution in [0.4, 0.5) is 10.2 Å². The van der Waals surface area contributed by atoms with Gasteiger partial charge < -0.3 is 4.90 Å². The van der Waals surface area contributed by atoms with E-state index in [1.54, 1.807) is 12.1 Å². The summed E-state index contributed by atoms with van der Waals surface area (Å²) < 4.78 is 13.5. The van der Waals surface area contributed by atoms with Crippen molar-refractivity contribution in [3.8, 4) is 11.3 Å². The summed E-state index contributed by atoms with van der Waals surface area (Å²) in [5.41, 5.74) is 5.75. The minimum atomic E-state index is -0.249. The zero-order valence-electron chi connectivity index (χ0n) is 16.9. The number of nitrogens with zero attached hydrogens (tertiary/aromatic N) is 4. The number of anilines is 1. The van der Waals surface area contributed by atoms with Crippen LogP contribution in [0.1, 0.15) is 30.0 Å². The van der Waals surface area contributed by atoms with Gasteiger partial charge in [-0.3, -0.25) is 4.98 Å². The highest BCUT2D eigenvalue weighted by atomic mass is 19.1. The lowest BCUT2D eigenvalue weighted by atomic mass is 9.93. The van der Waals surface area contributed by atoms with Crippen molar-refractivity contribution >= 4 is 16.9 Å². The Kier molecular flexibility index (Phi) is 4.87. The minimum Gasteiger partial charge on any atom is -0.355 e. The first kappa shape index (κ1) is 18.7. The summed E-state index contributed by atoms with van der Waals surface area (Å²) in [6, 6.07) is 18.7. The predicted molar refractivity (Wildman–Crippen MR) is 118 cm³/mol. The molecule has 0 bridgehead atoms. The van der Waals surface area contributed by atoms with Gasteiger partial charge in [0, 0.05) is 36.5 Å². The molecule has 0 spiro atoms. The zero-order valence-corrected chi connectivity index (χ0v) is 16.9. The first-order chi connectivity index (χ1) is 14.7. The van der Waals surface area contributed by atoms with Crippen molar-refractivity contribution in [1.29, 1.82) is 0 Å². The molecule has 1 saturated heterocycles. The van der Waals surface area contributed by atoms with E-state index in [-0.39, 0.29) is 5.82 Å². The molecule has 5 heteroatoms. The van der Waals surface area contributed by atoms with E-state index in [4.69, 9.17) is 9.97 Å². The summed E-state index contributed by atoms with van der Waals surface area (Å²) in [5.74, 6) is 1.09. The van der Waals surface area contributed by atoms with Crippen LogP contribution in [0, 0.1) is 12.7 Å². The van der Waals surface area contributed by atoms with E-state index >= 15 is 0 Å². The molecule has 0 aliphatic carbocycles. The average Bonchev–Trinajstić information content (AvgIpc) is 2.80. The number of hydrogen-bond donors (Lipinski definition) is 0. The summed E-state index contributed by atoms with van der Waals surface area (Å²) in [4.78, 5) is 16.9. The molecule has 2 aromatic carbocycles. The van der Waals surface area contributed by atoms with Gasteiger partial charge in [-0.05, 0) is 67.8 Å². The lowest BCUT2D eigenvalue weighted by Crippen LogP contribution is -2.34. The molecule has 0 N–H and O–H groups in total. The van der Waals surface area contributed by atoms with Crippen molar-refractivity contribution in [3.63, 3.8) is 0 Å². The molecule has 0 unspecified atom stereocenters. The number of rotatable bonds is 3. The number of halogens is 1. The number of piperidine rings is 1. The molecule has 1 aliphatic heterocycles. The number of aryl methyl sites for hydroxylation is 1. The largest absolute Gasteiger partial charge is 0.355 e. The maximum absolute atomic E-state index is 13.5. The number of para-hydroxylation sites is 1. The molecule has 1 fully saturated rings. The third-order valence-electron chi connectivity index (χ3n) is 5.90. The Hall–Kier alpha value is -3.34. The maximum Gasteiger partial charge on any atom is 0.155 e. The summed E-state index contributed by atoms with van der Waals surface area (Å²) in [6.45, 7) is 3.84. The van der Waals surface area contributed by atoms with E-state index in [0.717, 1.165) is 65.3 Å². The molecule has 2 aromatic heterocycles. The smallest absolute Gasteiger partial charge is 0.155 e. The number of fused-ring (bicyclic) bond motifs is 1. The lowest BCUT2D eigenvalue weighted by Gasteiger charge is -2.33. The van der Waals surface area contributed by atoms with Crippen LogP contribution in [-0.4, -0.2) is 28.0 Å². The Labute approximate surface area is 175 Å². The van der Waals surface area contributed by atoms with Gasteiger partial charge in [0.2, 0.25) is 0 Å². The molecule has 30 heavy (non-hydrogen) atoms. The molecule has 0 radical (unpaired) electrons. The van der Waals surface area contributed by atoms with Gasteiger partial charge in [-0.25, -0.2) is 14.4 Å². The monoisotopic (exact) mass is 398 g/mol. The third-order valence-corrected chi connectivity index (χ3v) is 5.90. The molecule has 5 rings (SSSR count). The Bertz CT molecular complexity index is 1170. The molecule has 4 nitrogen and oxygen atoms in total. The standard InChI is InChI=1S/C25H23FN4/c1-17-5-4-7-22-23(17)29-25(24(28-22)19-8-10-20(26)11-9-19)30-15-12-18(13-16-30)21-6-2-3-14-27-21/h2-11,14,18H,12-13,15-16H2,1H3. The van der Waals surface area contributed by atoms with Crippen LogP contribution in [0.2, 0.25) is 0 Å². The van der Waals surface area contributed by atoms with Crippen molar-refractivity contribution in [1.82, 2.24) is 15.0 Å². The van der Waals surface area contributed by atoms with Gasteiger partial charge in [0.05, 0.1) is 11.0 Å². The van der Waals surface area contributed by atoms with Gasteiger partial charge >= 0.3 is 0 Å². The minimum absolute atomic E-state index is 0.249. The third kappa shape index (κ3) is 3.52. The summed E-state index contributed by atoms with van der Waals surface area (Å²) >= 11 is 0. The van der Waals surface area contributed by atoms with E-state index in [0.29, 0.717) is 5.92 Å². The molecule has 0 saturated carbocycles. The molecule has 150 valence electrons. The van der Waals surface area contributed by atoms with Crippen molar-refractivity contribution in [2.24, 2.45) is 0 Å². The van der Waals surface area contributed by atoms with E-state index in [2.05, 4.69) is 35.0 Å². The van der Waals surface area contributed by atoms with Crippen LogP contribution in [-0.2, 0) is 0 Å². The quantitative estimate of drug-likeness (QED) is 0.455. The number of benzene rings is 2. The van der Waals surface area contributed by atoms with Crippen molar-refractivity contribution in [3.05, 3.63) is 83.9 Å². The van der Waals surface area contributed by atoms with Gasteiger partial charge in [0.1, 0.15) is 11.5 Å². The van der Waals surface area contributed by atoms with Gasteiger partial charge in [-0.15, -0.1) is 0 Å². The topological polar surface area (TPSA) is 41.9 Å². The molecule has 3 heterocycles. The molecule has 4 aromatic rings. The average molecular weight is 398 g/mol. The van der Waals surface area contributed by atoms with Gasteiger partial charge in [-0.2, -0.15) is 0 Å². The van der Waals surface area contributed by atoms with Crippen molar-refractivity contribution in [2.45, 2.75) is 25.7 Å². The second-order valence-electron chi connectivity index (χ2n) is 7.86. The van der Waals surface area contributed by atoms with Crippen molar-refractivity contribution < 1.29 is 4.39 Å². The molecular weight excluding hydrogens is 375 g/mol. The SMILES string of the molecule is Cc1cccc2nc(-c3ccc(F)cc3)c(N3CCC(c4ccccn4)CC3)nc12. The lowest BCUT2D eigenvalue weighted by molar-refractivity contribution is 0.494. The van der Waals surface area contributed by atoms with Crippen LogP contribution in [0.3, 0.4) is 0 Å². The fraction of sp³-hybridized carbons (Fsp3) is 0.240. The Morgan fingerprint density at radius 3 is 2.43 bits per heavy atom. The van der Waals surface area contributed by atoms with E-state index in [9.17, 15) is 4.39 Å². The maximum atomic E-state index is 13.5. The second-order valence-corrected chi connectivity index (χ2v) is 7.86. The summed E-state index contributed by atoms with van der Waals surface area (Å²) in [7, 11) is 0. The van der Waals surface area contributed by atoms with Crippen molar-refractivity contribution in [2.75, 3.05) is 18.0 Å². The Balaban J connectivity index is 1.53. The molecule has 1 aliphatic rings. The fourth-order valence-electron chi connectivity index (χ4n) is 4.23. The van der Waals surface area contributed by atoms with E-state index in [1.165, 1.54) is 12.1 Å².